The number of thiophene rings is 1. The van der Waals surface area contributed by atoms with Gasteiger partial charge in [0.15, 0.2) is 0 Å². The van der Waals surface area contributed by atoms with Crippen LogP contribution < -0.4 is 10.2 Å². The minimum Gasteiger partial charge on any atom is -0.478 e. The number of carboxylic acids is 1. The fourth-order valence-corrected chi connectivity index (χ4v) is 3.99. The molecule has 0 saturated heterocycles. The molecule has 1 amide bonds. The highest BCUT2D eigenvalue weighted by Crippen LogP contribution is 2.29. The summed E-state index contributed by atoms with van der Waals surface area (Å²) in [5.41, 5.74) is 2.52. The smallest absolute Gasteiger partial charge is 0.338 e. The number of hydrogen-bond donors (Lipinski definition) is 2. The quantitative estimate of drug-likeness (QED) is 0.872. The second-order valence-corrected chi connectivity index (χ2v) is 6.95. The first-order valence-corrected chi connectivity index (χ1v) is 8.89. The summed E-state index contributed by atoms with van der Waals surface area (Å²) in [6.07, 6.45) is 2.80. The van der Waals surface area contributed by atoms with Crippen LogP contribution in [-0.2, 0) is 17.6 Å². The zero-order valence-electron chi connectivity index (χ0n) is 13.5. The van der Waals surface area contributed by atoms with Crippen LogP contribution in [0, 0.1) is 0 Å². The first-order valence-electron chi connectivity index (χ1n) is 8.07. The van der Waals surface area contributed by atoms with E-state index in [2.05, 4.69) is 16.3 Å². The molecule has 1 aromatic heterocycles. The van der Waals surface area contributed by atoms with Crippen molar-refractivity contribution in [2.75, 3.05) is 23.3 Å². The number of nitrogens with one attached hydrogen (secondary N) is 1. The molecule has 2 aromatic rings. The second-order valence-electron chi connectivity index (χ2n) is 5.82. The van der Waals surface area contributed by atoms with Crippen molar-refractivity contribution in [2.45, 2.75) is 26.2 Å². The minimum atomic E-state index is -1.01. The molecule has 0 bridgehead atoms. The highest BCUT2D eigenvalue weighted by atomic mass is 32.1. The van der Waals surface area contributed by atoms with E-state index in [9.17, 15) is 14.7 Å². The molecule has 0 unspecified atom stereocenters. The van der Waals surface area contributed by atoms with Gasteiger partial charge < -0.3 is 15.3 Å². The van der Waals surface area contributed by atoms with Gasteiger partial charge in [-0.1, -0.05) is 25.1 Å². The molecule has 0 atom stereocenters. The zero-order chi connectivity index (χ0) is 17.1. The molecule has 0 aliphatic carbocycles. The second kappa shape index (κ2) is 7.05. The Morgan fingerprint density at radius 2 is 2.12 bits per heavy atom. The van der Waals surface area contributed by atoms with Gasteiger partial charge in [-0.05, 0) is 37.0 Å². The van der Waals surface area contributed by atoms with Crippen molar-refractivity contribution < 1.29 is 14.7 Å². The SMILES string of the molecule is CCc1cc(C(=O)O)c(NC(=O)CN2CCCc3ccccc32)s1. The first-order chi connectivity index (χ1) is 11.6. The molecule has 24 heavy (non-hydrogen) atoms. The maximum atomic E-state index is 12.4. The number of rotatable bonds is 5. The van der Waals surface area contributed by atoms with Gasteiger partial charge in [0.1, 0.15) is 5.00 Å². The number of carbonyl (C=O) groups is 2. The molecule has 1 aromatic carbocycles. The standard InChI is InChI=1S/C18H20N2O3S/c1-2-13-10-14(18(22)23)17(24-13)19-16(21)11-20-9-5-7-12-6-3-4-8-15(12)20/h3-4,6,8,10H,2,5,7,9,11H2,1H3,(H,19,21)(H,22,23). The molecule has 0 saturated carbocycles. The van der Waals surface area contributed by atoms with Crippen molar-refractivity contribution in [3.8, 4) is 0 Å². The number of benzene rings is 1. The summed E-state index contributed by atoms with van der Waals surface area (Å²) in [6, 6.07) is 9.75. The summed E-state index contributed by atoms with van der Waals surface area (Å²) >= 11 is 1.33. The van der Waals surface area contributed by atoms with Crippen LogP contribution in [0.25, 0.3) is 0 Å². The third-order valence-corrected chi connectivity index (χ3v) is 5.35. The van der Waals surface area contributed by atoms with Gasteiger partial charge in [0.25, 0.3) is 0 Å². The van der Waals surface area contributed by atoms with E-state index in [-0.39, 0.29) is 18.0 Å². The van der Waals surface area contributed by atoms with Gasteiger partial charge >= 0.3 is 5.97 Å². The molecule has 2 heterocycles. The van der Waals surface area contributed by atoms with Gasteiger partial charge in [0.05, 0.1) is 12.1 Å². The fourth-order valence-electron chi connectivity index (χ4n) is 2.98. The van der Waals surface area contributed by atoms with Crippen LogP contribution in [0.5, 0.6) is 0 Å². The zero-order valence-corrected chi connectivity index (χ0v) is 14.4. The lowest BCUT2D eigenvalue weighted by atomic mass is 10.0. The van der Waals surface area contributed by atoms with E-state index in [0.717, 1.165) is 36.4 Å². The molecule has 126 valence electrons. The third kappa shape index (κ3) is 3.43. The summed E-state index contributed by atoms with van der Waals surface area (Å²) in [6.45, 7) is 3.03. The molecule has 0 fully saturated rings. The van der Waals surface area contributed by atoms with E-state index in [1.165, 1.54) is 16.9 Å². The lowest BCUT2D eigenvalue weighted by molar-refractivity contribution is -0.115. The van der Waals surface area contributed by atoms with Crippen LogP contribution in [0.15, 0.2) is 30.3 Å². The van der Waals surface area contributed by atoms with E-state index in [1.54, 1.807) is 6.07 Å². The van der Waals surface area contributed by atoms with Crippen LogP contribution in [0.1, 0.15) is 34.1 Å². The Bertz CT molecular complexity index is 769. The molecular weight excluding hydrogens is 324 g/mol. The Hall–Kier alpha value is -2.34. The molecule has 1 aliphatic heterocycles. The monoisotopic (exact) mass is 344 g/mol. The van der Waals surface area contributed by atoms with E-state index in [0.29, 0.717) is 5.00 Å². The number of nitrogens with zero attached hydrogens (tertiary/aromatic N) is 1. The Morgan fingerprint density at radius 1 is 1.33 bits per heavy atom. The number of carbonyl (C=O) groups excluding carboxylic acids is 1. The van der Waals surface area contributed by atoms with E-state index in [1.807, 2.05) is 25.1 Å². The number of hydrogen-bond acceptors (Lipinski definition) is 4. The van der Waals surface area contributed by atoms with Gasteiger partial charge in [-0.15, -0.1) is 11.3 Å². The Balaban J connectivity index is 1.73. The first kappa shape index (κ1) is 16.5. The van der Waals surface area contributed by atoms with Gasteiger partial charge in [0.2, 0.25) is 5.91 Å². The van der Waals surface area contributed by atoms with E-state index >= 15 is 0 Å². The van der Waals surface area contributed by atoms with Crippen molar-refractivity contribution in [3.05, 3.63) is 46.3 Å². The average Bonchev–Trinajstić information content (AvgIpc) is 2.98. The van der Waals surface area contributed by atoms with Crippen LogP contribution in [0.4, 0.5) is 10.7 Å². The average molecular weight is 344 g/mol. The van der Waals surface area contributed by atoms with Crippen LogP contribution >= 0.6 is 11.3 Å². The van der Waals surface area contributed by atoms with E-state index in [4.69, 9.17) is 0 Å². The van der Waals surface area contributed by atoms with Crippen molar-refractivity contribution in [2.24, 2.45) is 0 Å². The van der Waals surface area contributed by atoms with Gasteiger partial charge in [-0.25, -0.2) is 4.79 Å². The largest absolute Gasteiger partial charge is 0.478 e. The minimum absolute atomic E-state index is 0.171. The highest BCUT2D eigenvalue weighted by Gasteiger charge is 2.21. The van der Waals surface area contributed by atoms with Crippen LogP contribution in [0.2, 0.25) is 0 Å². The lowest BCUT2D eigenvalue weighted by Gasteiger charge is -2.30. The van der Waals surface area contributed by atoms with Gasteiger partial charge in [-0.2, -0.15) is 0 Å². The Labute approximate surface area is 144 Å². The van der Waals surface area contributed by atoms with Crippen LogP contribution in [0.3, 0.4) is 0 Å². The molecule has 0 spiro atoms. The molecule has 2 N–H and O–H groups in total. The maximum absolute atomic E-state index is 12.4. The molecule has 5 nitrogen and oxygen atoms in total. The third-order valence-electron chi connectivity index (χ3n) is 4.16. The summed E-state index contributed by atoms with van der Waals surface area (Å²) < 4.78 is 0. The number of fused-ring (bicyclic) bond motifs is 1. The van der Waals surface area contributed by atoms with Crippen molar-refractivity contribution in [1.82, 2.24) is 0 Å². The van der Waals surface area contributed by atoms with Crippen molar-refractivity contribution in [3.63, 3.8) is 0 Å². The number of para-hydroxylation sites is 1. The highest BCUT2D eigenvalue weighted by molar-refractivity contribution is 7.16. The summed E-state index contributed by atoms with van der Waals surface area (Å²) in [5, 5.41) is 12.5. The lowest BCUT2D eigenvalue weighted by Crippen LogP contribution is -2.36. The van der Waals surface area contributed by atoms with Crippen LogP contribution in [-0.4, -0.2) is 30.1 Å². The Morgan fingerprint density at radius 3 is 2.88 bits per heavy atom. The summed E-state index contributed by atoms with van der Waals surface area (Å²) in [4.78, 5) is 26.8. The van der Waals surface area contributed by atoms with E-state index < -0.39 is 5.97 Å². The number of carboxylic acid groups (broad SMARTS) is 1. The normalized spacial score (nSPS) is 13.5. The predicted octanol–water partition coefficient (Wildman–Crippen LogP) is 3.40. The summed E-state index contributed by atoms with van der Waals surface area (Å²) in [5.74, 6) is -1.19. The fraction of sp³-hybridized carbons (Fsp3) is 0.333. The molecule has 1 aliphatic rings. The molecule has 3 rings (SSSR count). The number of aryl methyl sites for hydroxylation is 2. The number of aromatic carboxylic acids is 1. The van der Waals surface area contributed by atoms with Crippen molar-refractivity contribution in [1.29, 1.82) is 0 Å². The van der Waals surface area contributed by atoms with Gasteiger partial charge in [-0.3, -0.25) is 4.79 Å². The predicted molar refractivity (Wildman–Crippen MR) is 96.3 cm³/mol. The molecular formula is C18H20N2O3S. The maximum Gasteiger partial charge on any atom is 0.338 e. The number of anilines is 2. The van der Waals surface area contributed by atoms with Gasteiger partial charge in [0, 0.05) is 17.1 Å². The summed E-state index contributed by atoms with van der Waals surface area (Å²) in [7, 11) is 0. The topological polar surface area (TPSA) is 69.6 Å². The molecule has 0 radical (unpaired) electrons. The van der Waals surface area contributed by atoms with Crippen molar-refractivity contribution >= 4 is 33.9 Å². The molecule has 6 heteroatoms. The number of amides is 1. The Kier molecular flexibility index (Phi) is 4.85.